The molecule has 0 spiro atoms. The first-order valence-corrected chi connectivity index (χ1v) is 9.82. The van der Waals surface area contributed by atoms with Crippen molar-refractivity contribution in [1.82, 2.24) is 4.90 Å². The molecular weight excluding hydrogens is 378 g/mol. The van der Waals surface area contributed by atoms with Gasteiger partial charge in [-0.05, 0) is 74.8 Å². The van der Waals surface area contributed by atoms with E-state index in [1.165, 1.54) is 5.56 Å². The van der Waals surface area contributed by atoms with E-state index in [9.17, 15) is 4.79 Å². The van der Waals surface area contributed by atoms with Crippen LogP contribution in [0.2, 0.25) is 5.02 Å². The summed E-state index contributed by atoms with van der Waals surface area (Å²) in [6, 6.07) is 12.7. The minimum atomic E-state index is -0.422. The van der Waals surface area contributed by atoms with Gasteiger partial charge in [-0.3, -0.25) is 4.79 Å². The van der Waals surface area contributed by atoms with E-state index in [1.807, 2.05) is 30.0 Å². The van der Waals surface area contributed by atoms with Gasteiger partial charge < -0.3 is 15.5 Å². The maximum absolute atomic E-state index is 12.7. The van der Waals surface area contributed by atoms with Gasteiger partial charge in [-0.15, -0.1) is 0 Å². The van der Waals surface area contributed by atoms with Gasteiger partial charge in [0.2, 0.25) is 5.91 Å². The van der Waals surface area contributed by atoms with E-state index in [2.05, 4.69) is 37.5 Å². The SMILES string of the molecule is CCCN(C(=S)Nc1cccc(C)c1C)[C@@H](C)C(=O)Nc1cccc(Cl)c1. The van der Waals surface area contributed by atoms with Crippen LogP contribution in [0.25, 0.3) is 0 Å². The van der Waals surface area contributed by atoms with Crippen molar-refractivity contribution in [1.29, 1.82) is 0 Å². The van der Waals surface area contributed by atoms with E-state index in [4.69, 9.17) is 23.8 Å². The largest absolute Gasteiger partial charge is 0.337 e. The Kier molecular flexibility index (Phi) is 7.63. The fourth-order valence-electron chi connectivity index (χ4n) is 2.74. The Hall–Kier alpha value is -2.11. The zero-order valence-corrected chi connectivity index (χ0v) is 17.7. The molecule has 0 saturated carbocycles. The number of carbonyl (C=O) groups is 1. The van der Waals surface area contributed by atoms with Gasteiger partial charge in [0.25, 0.3) is 0 Å². The Labute approximate surface area is 171 Å². The van der Waals surface area contributed by atoms with E-state index in [0.29, 0.717) is 22.4 Å². The molecule has 0 aliphatic rings. The third-order valence-corrected chi connectivity index (χ3v) is 5.08. The number of amides is 1. The molecule has 0 unspecified atom stereocenters. The van der Waals surface area contributed by atoms with Gasteiger partial charge in [-0.2, -0.15) is 0 Å². The number of rotatable bonds is 6. The lowest BCUT2D eigenvalue weighted by atomic mass is 10.1. The van der Waals surface area contributed by atoms with Crippen LogP contribution in [0.5, 0.6) is 0 Å². The molecule has 0 radical (unpaired) electrons. The number of benzene rings is 2. The van der Waals surface area contributed by atoms with Gasteiger partial charge in [0.1, 0.15) is 6.04 Å². The van der Waals surface area contributed by atoms with Crippen LogP contribution in [0, 0.1) is 13.8 Å². The van der Waals surface area contributed by atoms with E-state index >= 15 is 0 Å². The summed E-state index contributed by atoms with van der Waals surface area (Å²) in [5.41, 5.74) is 3.97. The molecule has 2 N–H and O–H groups in total. The quantitative estimate of drug-likeness (QED) is 0.634. The number of hydrogen-bond acceptors (Lipinski definition) is 2. The molecule has 27 heavy (non-hydrogen) atoms. The highest BCUT2D eigenvalue weighted by atomic mass is 35.5. The third kappa shape index (κ3) is 5.68. The highest BCUT2D eigenvalue weighted by Gasteiger charge is 2.23. The Morgan fingerprint density at radius 3 is 2.56 bits per heavy atom. The van der Waals surface area contributed by atoms with Crippen molar-refractivity contribution in [2.75, 3.05) is 17.2 Å². The Bertz CT molecular complexity index is 825. The van der Waals surface area contributed by atoms with Crippen LogP contribution in [0.15, 0.2) is 42.5 Å². The summed E-state index contributed by atoms with van der Waals surface area (Å²) < 4.78 is 0. The molecule has 0 bridgehead atoms. The minimum absolute atomic E-state index is 0.129. The van der Waals surface area contributed by atoms with Crippen molar-refractivity contribution >= 4 is 46.2 Å². The lowest BCUT2D eigenvalue weighted by Gasteiger charge is -2.31. The number of hydrogen-bond donors (Lipinski definition) is 2. The first-order chi connectivity index (χ1) is 12.8. The fourth-order valence-corrected chi connectivity index (χ4v) is 3.29. The number of halogens is 1. The first kappa shape index (κ1) is 21.2. The summed E-state index contributed by atoms with van der Waals surface area (Å²) in [7, 11) is 0. The van der Waals surface area contributed by atoms with Crippen molar-refractivity contribution in [3.63, 3.8) is 0 Å². The molecule has 0 aromatic heterocycles. The number of carbonyl (C=O) groups excluding carboxylic acids is 1. The molecule has 4 nitrogen and oxygen atoms in total. The number of aryl methyl sites for hydroxylation is 1. The van der Waals surface area contributed by atoms with Crippen LogP contribution in [0.1, 0.15) is 31.4 Å². The second-order valence-corrected chi connectivity index (χ2v) is 7.37. The summed E-state index contributed by atoms with van der Waals surface area (Å²) in [6.07, 6.45) is 0.878. The molecule has 0 saturated heterocycles. The minimum Gasteiger partial charge on any atom is -0.337 e. The maximum atomic E-state index is 12.7. The van der Waals surface area contributed by atoms with Gasteiger partial charge in [-0.1, -0.05) is 36.7 Å². The van der Waals surface area contributed by atoms with Crippen LogP contribution in [0.4, 0.5) is 11.4 Å². The summed E-state index contributed by atoms with van der Waals surface area (Å²) in [5, 5.41) is 7.33. The molecule has 0 aliphatic heterocycles. The lowest BCUT2D eigenvalue weighted by molar-refractivity contribution is -0.119. The number of thiocarbonyl (C=S) groups is 1. The molecule has 0 aliphatic carbocycles. The monoisotopic (exact) mass is 403 g/mol. The second-order valence-electron chi connectivity index (χ2n) is 6.55. The Balaban J connectivity index is 2.13. The molecule has 2 aromatic carbocycles. The van der Waals surface area contributed by atoms with Gasteiger partial charge in [0.05, 0.1) is 0 Å². The van der Waals surface area contributed by atoms with Crippen molar-refractivity contribution in [3.05, 3.63) is 58.6 Å². The molecule has 0 heterocycles. The molecule has 1 atom stereocenters. The van der Waals surface area contributed by atoms with E-state index in [1.54, 1.807) is 18.2 Å². The topological polar surface area (TPSA) is 44.4 Å². The molecule has 1 amide bonds. The zero-order chi connectivity index (χ0) is 20.0. The predicted octanol–water partition coefficient (Wildman–Crippen LogP) is 5.39. The van der Waals surface area contributed by atoms with Crippen LogP contribution in [-0.2, 0) is 4.79 Å². The molecule has 144 valence electrons. The van der Waals surface area contributed by atoms with Crippen molar-refractivity contribution < 1.29 is 4.79 Å². The van der Waals surface area contributed by atoms with Crippen LogP contribution < -0.4 is 10.6 Å². The van der Waals surface area contributed by atoms with Crippen molar-refractivity contribution in [2.24, 2.45) is 0 Å². The number of nitrogens with zero attached hydrogens (tertiary/aromatic N) is 1. The highest BCUT2D eigenvalue weighted by Crippen LogP contribution is 2.20. The summed E-state index contributed by atoms with van der Waals surface area (Å²) >= 11 is 11.6. The van der Waals surface area contributed by atoms with E-state index in [-0.39, 0.29) is 5.91 Å². The number of anilines is 2. The van der Waals surface area contributed by atoms with Gasteiger partial charge in [0, 0.05) is 22.9 Å². The zero-order valence-electron chi connectivity index (χ0n) is 16.2. The van der Waals surface area contributed by atoms with E-state index < -0.39 is 6.04 Å². The Morgan fingerprint density at radius 1 is 1.19 bits per heavy atom. The van der Waals surface area contributed by atoms with Crippen LogP contribution in [-0.4, -0.2) is 28.5 Å². The van der Waals surface area contributed by atoms with Gasteiger partial charge in [-0.25, -0.2) is 0 Å². The Morgan fingerprint density at radius 2 is 1.89 bits per heavy atom. The molecular formula is C21H26ClN3OS. The highest BCUT2D eigenvalue weighted by molar-refractivity contribution is 7.80. The molecule has 0 fully saturated rings. The summed E-state index contributed by atoms with van der Waals surface area (Å²) in [5.74, 6) is -0.129. The third-order valence-electron chi connectivity index (χ3n) is 4.51. The van der Waals surface area contributed by atoms with Crippen LogP contribution >= 0.6 is 23.8 Å². The van der Waals surface area contributed by atoms with Crippen molar-refractivity contribution in [3.8, 4) is 0 Å². The molecule has 2 rings (SSSR count). The maximum Gasteiger partial charge on any atom is 0.246 e. The van der Waals surface area contributed by atoms with Gasteiger partial charge in [0.15, 0.2) is 5.11 Å². The second kappa shape index (κ2) is 9.72. The average molecular weight is 404 g/mol. The predicted molar refractivity (Wildman–Crippen MR) is 119 cm³/mol. The first-order valence-electron chi connectivity index (χ1n) is 9.03. The summed E-state index contributed by atoms with van der Waals surface area (Å²) in [4.78, 5) is 14.6. The van der Waals surface area contributed by atoms with E-state index in [0.717, 1.165) is 17.7 Å². The standard InChI is InChI=1S/C21H26ClN3OS/c1-5-12-25(21(27)24-19-11-6-8-14(2)15(19)3)16(4)20(26)23-18-10-7-9-17(22)13-18/h6-11,13,16H,5,12H2,1-4H3,(H,23,26)(H,24,27)/t16-/m0/s1. The fraction of sp³-hybridized carbons (Fsp3) is 0.333. The number of nitrogens with one attached hydrogen (secondary N) is 2. The normalized spacial score (nSPS) is 11.6. The van der Waals surface area contributed by atoms with Crippen LogP contribution in [0.3, 0.4) is 0 Å². The van der Waals surface area contributed by atoms with Gasteiger partial charge >= 0.3 is 0 Å². The smallest absolute Gasteiger partial charge is 0.246 e. The molecule has 6 heteroatoms. The van der Waals surface area contributed by atoms with Crippen molar-refractivity contribution in [2.45, 2.75) is 40.2 Å². The average Bonchev–Trinajstić information content (AvgIpc) is 2.63. The lowest BCUT2D eigenvalue weighted by Crippen LogP contribution is -2.47. The summed E-state index contributed by atoms with van der Waals surface area (Å²) in [6.45, 7) is 8.72. The molecule has 2 aromatic rings.